The first-order valence-corrected chi connectivity index (χ1v) is 8.17. The van der Waals surface area contributed by atoms with Gasteiger partial charge >= 0.3 is 14.5 Å². The van der Waals surface area contributed by atoms with Crippen molar-refractivity contribution in [3.8, 4) is 0 Å². The number of hydrogen-bond acceptors (Lipinski definition) is 1. The molecule has 0 unspecified atom stereocenters. The van der Waals surface area contributed by atoms with Gasteiger partial charge in [-0.2, -0.15) is 0 Å². The minimum atomic E-state index is -0.735. The first-order valence-electron chi connectivity index (χ1n) is 5.39. The largest absolute Gasteiger partial charge is 0.501 e. The molecule has 0 spiro atoms. The fourth-order valence-electron chi connectivity index (χ4n) is 1.20. The summed E-state index contributed by atoms with van der Waals surface area (Å²) in [7, 11) is 0. The minimum absolute atomic E-state index is 0.735. The molecule has 0 aromatic rings. The Morgan fingerprint density at radius 1 is 0.917 bits per heavy atom. The second-order valence-electron chi connectivity index (χ2n) is 3.69. The van der Waals surface area contributed by atoms with Crippen molar-refractivity contribution in [3.63, 3.8) is 0 Å². The van der Waals surface area contributed by atoms with E-state index in [9.17, 15) is 0 Å². The molecule has 0 aliphatic heterocycles. The molecule has 0 atom stereocenters. The van der Waals surface area contributed by atoms with Gasteiger partial charge < -0.3 is 3.79 Å². The van der Waals surface area contributed by atoms with Crippen LogP contribution < -0.4 is 0 Å². The van der Waals surface area contributed by atoms with Crippen molar-refractivity contribution >= 4 is 14.5 Å². The van der Waals surface area contributed by atoms with E-state index in [-0.39, 0.29) is 0 Å². The third-order valence-electron chi connectivity index (χ3n) is 1.95. The van der Waals surface area contributed by atoms with Crippen LogP contribution in [0.2, 0.25) is 11.6 Å². The van der Waals surface area contributed by atoms with Crippen molar-refractivity contribution < 1.29 is 3.79 Å². The van der Waals surface area contributed by atoms with Gasteiger partial charge in [0.25, 0.3) is 0 Å². The van der Waals surface area contributed by atoms with Crippen molar-refractivity contribution in [3.05, 3.63) is 0 Å². The SMILES string of the molecule is CCCCCCCC[O][Al]([CH3])[CH3]. The molecule has 0 aliphatic carbocycles. The molecule has 0 fully saturated rings. The molecule has 0 saturated carbocycles. The smallest absolute Gasteiger partial charge is 0.453 e. The Bertz CT molecular complexity index is 83.9. The third kappa shape index (κ3) is 10.5. The summed E-state index contributed by atoms with van der Waals surface area (Å²) in [5.74, 6) is 4.47. The average molecular weight is 186 g/mol. The van der Waals surface area contributed by atoms with E-state index in [1.165, 1.54) is 38.5 Å². The molecule has 0 bridgehead atoms. The quantitative estimate of drug-likeness (QED) is 0.415. The summed E-state index contributed by atoms with van der Waals surface area (Å²) in [5.41, 5.74) is 0. The summed E-state index contributed by atoms with van der Waals surface area (Å²) in [6.07, 6.45) is 8.19. The van der Waals surface area contributed by atoms with E-state index in [1.54, 1.807) is 0 Å². The lowest BCUT2D eigenvalue weighted by molar-refractivity contribution is 0.312. The molecule has 0 saturated heterocycles. The third-order valence-corrected chi connectivity index (χ3v) is 2.85. The zero-order valence-electron chi connectivity index (χ0n) is 8.94. The minimum Gasteiger partial charge on any atom is -0.501 e. The van der Waals surface area contributed by atoms with Crippen molar-refractivity contribution in [2.24, 2.45) is 0 Å². The standard InChI is InChI=1S/C8H17O.2CH3.Al/c1-2-3-4-5-6-7-8-9;;;/h2-8H2,1H3;2*1H3;/q-1;;;+1. The maximum atomic E-state index is 5.59. The van der Waals surface area contributed by atoms with Crippen LogP contribution in [0.15, 0.2) is 0 Å². The molecule has 0 amide bonds. The van der Waals surface area contributed by atoms with Crippen molar-refractivity contribution in [1.82, 2.24) is 0 Å². The molecule has 72 valence electrons. The molecule has 2 heteroatoms. The Hall–Kier alpha value is 0.492. The van der Waals surface area contributed by atoms with Gasteiger partial charge in [-0.15, -0.1) is 0 Å². The van der Waals surface area contributed by atoms with Crippen molar-refractivity contribution in [1.29, 1.82) is 0 Å². The summed E-state index contributed by atoms with van der Waals surface area (Å²) >= 11 is -0.735. The van der Waals surface area contributed by atoms with Gasteiger partial charge in [-0.25, -0.2) is 0 Å². The van der Waals surface area contributed by atoms with Crippen LogP contribution >= 0.6 is 0 Å². The molecular weight excluding hydrogens is 163 g/mol. The number of rotatable bonds is 8. The maximum absolute atomic E-state index is 5.59. The molecule has 0 heterocycles. The summed E-state index contributed by atoms with van der Waals surface area (Å²) < 4.78 is 5.59. The molecule has 0 radical (unpaired) electrons. The Morgan fingerprint density at radius 2 is 1.50 bits per heavy atom. The van der Waals surface area contributed by atoms with Gasteiger partial charge in [-0.3, -0.25) is 0 Å². The van der Waals surface area contributed by atoms with Crippen LogP contribution in [0.25, 0.3) is 0 Å². The first-order chi connectivity index (χ1) is 5.77. The fraction of sp³-hybridized carbons (Fsp3) is 1.00. The lowest BCUT2D eigenvalue weighted by Crippen LogP contribution is -2.08. The van der Waals surface area contributed by atoms with Crippen LogP contribution in [0.5, 0.6) is 0 Å². The summed E-state index contributed by atoms with van der Waals surface area (Å²) in [5, 5.41) is 0. The van der Waals surface area contributed by atoms with Gasteiger partial charge in [0.15, 0.2) is 0 Å². The lowest BCUT2D eigenvalue weighted by atomic mass is 10.1. The summed E-state index contributed by atoms with van der Waals surface area (Å²) in [6.45, 7) is 3.27. The Balaban J connectivity index is 2.82. The Labute approximate surface area is 82.2 Å². The second kappa shape index (κ2) is 9.58. The topological polar surface area (TPSA) is 9.23 Å². The Kier molecular flexibility index (Phi) is 9.97. The highest BCUT2D eigenvalue weighted by Gasteiger charge is 2.01. The van der Waals surface area contributed by atoms with Gasteiger partial charge in [0, 0.05) is 6.61 Å². The highest BCUT2D eigenvalue weighted by Crippen LogP contribution is 2.04. The molecule has 0 aliphatic rings. The van der Waals surface area contributed by atoms with E-state index in [0.717, 1.165) is 6.61 Å². The Morgan fingerprint density at radius 3 is 2.08 bits per heavy atom. The van der Waals surface area contributed by atoms with Crippen LogP contribution in [-0.2, 0) is 3.79 Å². The molecule has 0 aromatic heterocycles. The van der Waals surface area contributed by atoms with Gasteiger partial charge in [0.1, 0.15) is 0 Å². The van der Waals surface area contributed by atoms with Crippen molar-refractivity contribution in [2.75, 3.05) is 6.61 Å². The van der Waals surface area contributed by atoms with E-state index in [4.69, 9.17) is 3.79 Å². The highest BCUT2D eigenvalue weighted by molar-refractivity contribution is 6.48. The molecule has 1 nitrogen and oxygen atoms in total. The van der Waals surface area contributed by atoms with E-state index in [1.807, 2.05) is 0 Å². The predicted molar refractivity (Wildman–Crippen MR) is 56.8 cm³/mol. The van der Waals surface area contributed by atoms with Gasteiger partial charge in [-0.1, -0.05) is 50.6 Å². The number of unbranched alkanes of at least 4 members (excludes halogenated alkanes) is 5. The number of hydrogen-bond donors (Lipinski definition) is 0. The van der Waals surface area contributed by atoms with Gasteiger partial charge in [0.2, 0.25) is 0 Å². The molecule has 0 rings (SSSR count). The fourth-order valence-corrected chi connectivity index (χ4v) is 1.84. The average Bonchev–Trinajstić information content (AvgIpc) is 2.02. The van der Waals surface area contributed by atoms with Crippen LogP contribution in [0.1, 0.15) is 45.4 Å². The van der Waals surface area contributed by atoms with E-state index >= 15 is 0 Å². The summed E-state index contributed by atoms with van der Waals surface area (Å²) in [6, 6.07) is 0. The second-order valence-corrected chi connectivity index (χ2v) is 6.12. The first kappa shape index (κ1) is 12.5. The zero-order chi connectivity index (χ0) is 9.23. The molecular formula is C10H23AlO. The summed E-state index contributed by atoms with van der Waals surface area (Å²) in [4.78, 5) is 0. The van der Waals surface area contributed by atoms with Crippen molar-refractivity contribution in [2.45, 2.75) is 57.0 Å². The molecule has 0 aromatic carbocycles. The van der Waals surface area contributed by atoms with E-state index in [0.29, 0.717) is 0 Å². The zero-order valence-corrected chi connectivity index (χ0v) is 10.1. The predicted octanol–water partition coefficient (Wildman–Crippen LogP) is 3.61. The van der Waals surface area contributed by atoms with Crippen LogP contribution in [0.3, 0.4) is 0 Å². The molecule has 0 N–H and O–H groups in total. The normalized spacial score (nSPS) is 10.2. The van der Waals surface area contributed by atoms with Crippen LogP contribution in [0.4, 0.5) is 0 Å². The van der Waals surface area contributed by atoms with Crippen LogP contribution in [0, 0.1) is 0 Å². The van der Waals surface area contributed by atoms with Crippen LogP contribution in [-0.4, -0.2) is 21.1 Å². The lowest BCUT2D eigenvalue weighted by Gasteiger charge is -2.04. The maximum Gasteiger partial charge on any atom is 0.453 e. The molecule has 12 heavy (non-hydrogen) atoms. The monoisotopic (exact) mass is 186 g/mol. The van der Waals surface area contributed by atoms with E-state index < -0.39 is 14.5 Å². The van der Waals surface area contributed by atoms with E-state index in [2.05, 4.69) is 18.5 Å². The highest BCUT2D eigenvalue weighted by atomic mass is 27.2. The van der Waals surface area contributed by atoms with Gasteiger partial charge in [-0.05, 0) is 6.42 Å². The van der Waals surface area contributed by atoms with Gasteiger partial charge in [0.05, 0.1) is 0 Å².